The molecule has 0 radical (unpaired) electrons. The summed E-state index contributed by atoms with van der Waals surface area (Å²) in [5.74, 6) is 2.10. The van der Waals surface area contributed by atoms with Gasteiger partial charge >= 0.3 is 0 Å². The van der Waals surface area contributed by atoms with Crippen LogP contribution in [0.2, 0.25) is 0 Å². The molecule has 1 saturated heterocycles. The molecule has 2 aromatic carbocycles. The SMILES string of the molecule is COc1ccc(-c2nc(CN3CCN(Cc4ccccc4)CC3)no2)cc1. The summed E-state index contributed by atoms with van der Waals surface area (Å²) >= 11 is 0. The molecule has 140 valence electrons. The van der Waals surface area contributed by atoms with Gasteiger partial charge in [0.05, 0.1) is 13.7 Å². The lowest BCUT2D eigenvalue weighted by molar-refractivity contribution is 0.119. The summed E-state index contributed by atoms with van der Waals surface area (Å²) in [5.41, 5.74) is 2.27. The molecule has 0 saturated carbocycles. The monoisotopic (exact) mass is 364 g/mol. The van der Waals surface area contributed by atoms with E-state index in [9.17, 15) is 0 Å². The number of piperazine rings is 1. The Bertz CT molecular complexity index is 840. The summed E-state index contributed by atoms with van der Waals surface area (Å²) in [6, 6.07) is 18.3. The van der Waals surface area contributed by atoms with Crippen LogP contribution in [0.3, 0.4) is 0 Å². The van der Waals surface area contributed by atoms with Gasteiger partial charge in [-0.1, -0.05) is 35.5 Å². The van der Waals surface area contributed by atoms with Crippen LogP contribution in [0.4, 0.5) is 0 Å². The minimum Gasteiger partial charge on any atom is -0.497 e. The van der Waals surface area contributed by atoms with E-state index in [0.717, 1.165) is 56.4 Å². The molecule has 0 N–H and O–H groups in total. The van der Waals surface area contributed by atoms with Gasteiger partial charge in [0.15, 0.2) is 5.82 Å². The number of hydrogen-bond donors (Lipinski definition) is 0. The largest absolute Gasteiger partial charge is 0.497 e. The predicted molar refractivity (Wildman–Crippen MR) is 103 cm³/mol. The summed E-state index contributed by atoms with van der Waals surface area (Å²) < 4.78 is 10.6. The van der Waals surface area contributed by atoms with E-state index >= 15 is 0 Å². The number of methoxy groups -OCH3 is 1. The maximum absolute atomic E-state index is 5.43. The van der Waals surface area contributed by atoms with Crippen LogP contribution in [0.1, 0.15) is 11.4 Å². The molecule has 1 aliphatic heterocycles. The lowest BCUT2D eigenvalue weighted by Crippen LogP contribution is -2.45. The third kappa shape index (κ3) is 4.53. The van der Waals surface area contributed by atoms with Crippen molar-refractivity contribution in [3.63, 3.8) is 0 Å². The third-order valence-corrected chi connectivity index (χ3v) is 4.88. The molecule has 1 fully saturated rings. The van der Waals surface area contributed by atoms with Crippen LogP contribution in [0.25, 0.3) is 11.5 Å². The van der Waals surface area contributed by atoms with E-state index in [1.807, 2.05) is 24.3 Å². The molecular formula is C21H24N4O2. The Labute approximate surface area is 159 Å². The van der Waals surface area contributed by atoms with Gasteiger partial charge in [-0.05, 0) is 29.8 Å². The normalized spacial score (nSPS) is 15.7. The van der Waals surface area contributed by atoms with E-state index in [0.29, 0.717) is 5.89 Å². The van der Waals surface area contributed by atoms with Crippen molar-refractivity contribution < 1.29 is 9.26 Å². The van der Waals surface area contributed by atoms with Gasteiger partial charge in [-0.2, -0.15) is 4.98 Å². The van der Waals surface area contributed by atoms with E-state index in [1.54, 1.807) is 7.11 Å². The highest BCUT2D eigenvalue weighted by Crippen LogP contribution is 2.21. The molecule has 0 atom stereocenters. The van der Waals surface area contributed by atoms with Gasteiger partial charge in [0.2, 0.25) is 0 Å². The first-order valence-electron chi connectivity index (χ1n) is 9.26. The Balaban J connectivity index is 1.30. The molecule has 1 aromatic heterocycles. The summed E-state index contributed by atoms with van der Waals surface area (Å²) in [7, 11) is 1.65. The van der Waals surface area contributed by atoms with Gasteiger partial charge in [-0.25, -0.2) is 0 Å². The molecule has 2 heterocycles. The number of nitrogens with zero attached hydrogens (tertiary/aromatic N) is 4. The smallest absolute Gasteiger partial charge is 0.257 e. The first-order valence-corrected chi connectivity index (χ1v) is 9.26. The number of benzene rings is 2. The standard InChI is InChI=1S/C21H24N4O2/c1-26-19-9-7-18(8-10-19)21-22-20(23-27-21)16-25-13-11-24(12-14-25)15-17-5-3-2-4-6-17/h2-10H,11-16H2,1H3. The van der Waals surface area contributed by atoms with Gasteiger partial charge in [0.25, 0.3) is 5.89 Å². The van der Waals surface area contributed by atoms with Crippen molar-refractivity contribution in [2.75, 3.05) is 33.3 Å². The Morgan fingerprint density at radius 1 is 0.889 bits per heavy atom. The first-order chi connectivity index (χ1) is 13.3. The maximum atomic E-state index is 5.43. The Kier molecular flexibility index (Phi) is 5.46. The summed E-state index contributed by atoms with van der Waals surface area (Å²) in [5, 5.41) is 4.14. The van der Waals surface area contributed by atoms with Crippen LogP contribution < -0.4 is 4.74 Å². The zero-order chi connectivity index (χ0) is 18.5. The average molecular weight is 364 g/mol. The van der Waals surface area contributed by atoms with Crippen LogP contribution in [0, 0.1) is 0 Å². The highest BCUT2D eigenvalue weighted by atomic mass is 16.5. The molecule has 0 unspecified atom stereocenters. The lowest BCUT2D eigenvalue weighted by atomic mass is 10.2. The van der Waals surface area contributed by atoms with E-state index in [2.05, 4.69) is 50.3 Å². The predicted octanol–water partition coefficient (Wildman–Crippen LogP) is 3.06. The topological polar surface area (TPSA) is 54.6 Å². The zero-order valence-electron chi connectivity index (χ0n) is 15.5. The fourth-order valence-corrected chi connectivity index (χ4v) is 3.32. The van der Waals surface area contributed by atoms with Gasteiger partial charge < -0.3 is 9.26 Å². The van der Waals surface area contributed by atoms with E-state index in [4.69, 9.17) is 9.26 Å². The minimum atomic E-state index is 0.551. The number of aromatic nitrogens is 2. The number of ether oxygens (including phenoxy) is 1. The van der Waals surface area contributed by atoms with Crippen LogP contribution in [0.15, 0.2) is 59.1 Å². The molecule has 27 heavy (non-hydrogen) atoms. The molecule has 4 rings (SSSR count). The zero-order valence-corrected chi connectivity index (χ0v) is 15.5. The van der Waals surface area contributed by atoms with Crippen LogP contribution >= 0.6 is 0 Å². The highest BCUT2D eigenvalue weighted by Gasteiger charge is 2.19. The van der Waals surface area contributed by atoms with Crippen LogP contribution in [-0.4, -0.2) is 53.2 Å². The van der Waals surface area contributed by atoms with Gasteiger partial charge in [-0.15, -0.1) is 0 Å². The number of rotatable bonds is 6. The molecule has 3 aromatic rings. The molecule has 0 spiro atoms. The van der Waals surface area contributed by atoms with Gasteiger partial charge in [0, 0.05) is 38.3 Å². The van der Waals surface area contributed by atoms with Crippen molar-refractivity contribution >= 4 is 0 Å². The minimum absolute atomic E-state index is 0.551. The van der Waals surface area contributed by atoms with Gasteiger partial charge in [-0.3, -0.25) is 9.80 Å². The highest BCUT2D eigenvalue weighted by molar-refractivity contribution is 5.54. The second-order valence-electron chi connectivity index (χ2n) is 6.78. The Morgan fingerprint density at radius 2 is 1.56 bits per heavy atom. The summed E-state index contributed by atoms with van der Waals surface area (Å²) in [6.45, 7) is 5.87. The van der Waals surface area contributed by atoms with Crippen LogP contribution in [0.5, 0.6) is 5.75 Å². The fraction of sp³-hybridized carbons (Fsp3) is 0.333. The summed E-state index contributed by atoms with van der Waals surface area (Å²) in [4.78, 5) is 9.41. The second kappa shape index (κ2) is 8.33. The fourth-order valence-electron chi connectivity index (χ4n) is 3.32. The Morgan fingerprint density at radius 3 is 2.22 bits per heavy atom. The molecule has 6 nitrogen and oxygen atoms in total. The molecule has 0 amide bonds. The second-order valence-corrected chi connectivity index (χ2v) is 6.78. The van der Waals surface area contributed by atoms with Crippen molar-refractivity contribution in [2.45, 2.75) is 13.1 Å². The summed E-state index contributed by atoms with van der Waals surface area (Å²) in [6.07, 6.45) is 0. The average Bonchev–Trinajstić information content (AvgIpc) is 3.19. The molecule has 1 aliphatic rings. The Hall–Kier alpha value is -2.70. The lowest BCUT2D eigenvalue weighted by Gasteiger charge is -2.34. The quantitative estimate of drug-likeness (QED) is 0.670. The van der Waals surface area contributed by atoms with Crippen molar-refractivity contribution in [1.29, 1.82) is 0 Å². The van der Waals surface area contributed by atoms with E-state index in [-0.39, 0.29) is 0 Å². The number of hydrogen-bond acceptors (Lipinski definition) is 6. The van der Waals surface area contributed by atoms with E-state index in [1.165, 1.54) is 5.56 Å². The van der Waals surface area contributed by atoms with Crippen molar-refractivity contribution in [2.24, 2.45) is 0 Å². The van der Waals surface area contributed by atoms with Crippen molar-refractivity contribution in [3.8, 4) is 17.2 Å². The maximum Gasteiger partial charge on any atom is 0.257 e. The van der Waals surface area contributed by atoms with E-state index < -0.39 is 0 Å². The van der Waals surface area contributed by atoms with Crippen molar-refractivity contribution in [3.05, 3.63) is 66.0 Å². The molecule has 6 heteroatoms. The molecule has 0 aliphatic carbocycles. The van der Waals surface area contributed by atoms with Crippen LogP contribution in [-0.2, 0) is 13.1 Å². The molecular weight excluding hydrogens is 340 g/mol. The van der Waals surface area contributed by atoms with Gasteiger partial charge in [0.1, 0.15) is 5.75 Å². The molecule has 0 bridgehead atoms. The first kappa shape index (κ1) is 17.7. The van der Waals surface area contributed by atoms with Crippen molar-refractivity contribution in [1.82, 2.24) is 19.9 Å². The third-order valence-electron chi connectivity index (χ3n) is 4.88.